The number of rotatable bonds is 5. The van der Waals surface area contributed by atoms with Crippen LogP contribution in [0.25, 0.3) is 0 Å². The third kappa shape index (κ3) is 4.74. The van der Waals surface area contributed by atoms with E-state index in [2.05, 4.69) is 5.32 Å². The van der Waals surface area contributed by atoms with Crippen molar-refractivity contribution in [3.05, 3.63) is 29.8 Å². The first kappa shape index (κ1) is 15.8. The van der Waals surface area contributed by atoms with Gasteiger partial charge in [-0.1, -0.05) is 12.1 Å². The van der Waals surface area contributed by atoms with Gasteiger partial charge in [0.2, 0.25) is 5.91 Å². The number of hydrogen-bond donors (Lipinski definition) is 1. The Balaban J connectivity index is 1.95. The molecule has 0 aromatic heterocycles. The predicted molar refractivity (Wildman–Crippen MR) is 84.6 cm³/mol. The van der Waals surface area contributed by atoms with Gasteiger partial charge in [0.1, 0.15) is 5.75 Å². The van der Waals surface area contributed by atoms with Crippen molar-refractivity contribution < 1.29 is 9.53 Å². The van der Waals surface area contributed by atoms with Gasteiger partial charge < -0.3 is 15.0 Å². The summed E-state index contributed by atoms with van der Waals surface area (Å²) in [7, 11) is 1.92. The molecular weight excluding hydrogens is 264 g/mol. The quantitative estimate of drug-likeness (QED) is 0.904. The predicted octanol–water partition coefficient (Wildman–Crippen LogP) is 2.23. The lowest BCUT2D eigenvalue weighted by Gasteiger charge is -2.31. The number of nitrogens with zero attached hydrogens (tertiary/aromatic N) is 1. The van der Waals surface area contributed by atoms with E-state index in [1.54, 1.807) is 0 Å². The average molecular weight is 290 g/mol. The van der Waals surface area contributed by atoms with Gasteiger partial charge >= 0.3 is 0 Å². The Morgan fingerprint density at radius 2 is 2.10 bits per heavy atom. The van der Waals surface area contributed by atoms with E-state index in [9.17, 15) is 4.79 Å². The number of carbonyl (C=O) groups is 1. The highest BCUT2D eigenvalue weighted by Gasteiger charge is 2.21. The van der Waals surface area contributed by atoms with Crippen LogP contribution >= 0.6 is 0 Å². The minimum atomic E-state index is 0.147. The maximum Gasteiger partial charge on any atom is 0.226 e. The summed E-state index contributed by atoms with van der Waals surface area (Å²) in [5.41, 5.74) is 1.01. The van der Waals surface area contributed by atoms with Crippen molar-refractivity contribution >= 4 is 5.91 Å². The number of likely N-dealkylation sites (N-methyl/N-ethyl adjacent to an activating group) is 1. The molecule has 1 heterocycles. The number of amides is 1. The Labute approximate surface area is 127 Å². The topological polar surface area (TPSA) is 41.6 Å². The van der Waals surface area contributed by atoms with Crippen LogP contribution in [0.15, 0.2) is 24.3 Å². The molecule has 1 aliphatic rings. The van der Waals surface area contributed by atoms with Gasteiger partial charge in [-0.25, -0.2) is 0 Å². The van der Waals surface area contributed by atoms with Crippen molar-refractivity contribution in [2.45, 2.75) is 45.3 Å². The van der Waals surface area contributed by atoms with Gasteiger partial charge in [-0.05, 0) is 57.5 Å². The van der Waals surface area contributed by atoms with E-state index in [0.717, 1.165) is 37.2 Å². The fourth-order valence-corrected chi connectivity index (χ4v) is 2.70. The average Bonchev–Trinajstić information content (AvgIpc) is 2.47. The molecular formula is C17H26N2O2. The summed E-state index contributed by atoms with van der Waals surface area (Å²) in [6.07, 6.45) is 2.67. The van der Waals surface area contributed by atoms with E-state index in [0.29, 0.717) is 12.5 Å². The van der Waals surface area contributed by atoms with E-state index in [1.165, 1.54) is 0 Å². The van der Waals surface area contributed by atoms with Crippen molar-refractivity contribution in [2.24, 2.45) is 0 Å². The van der Waals surface area contributed by atoms with Crippen LogP contribution in [0.5, 0.6) is 5.75 Å². The highest BCUT2D eigenvalue weighted by Crippen LogP contribution is 2.17. The molecule has 0 radical (unpaired) electrons. The number of nitrogens with one attached hydrogen (secondary N) is 1. The van der Waals surface area contributed by atoms with Crippen LogP contribution in [0.3, 0.4) is 0 Å². The second-order valence-corrected chi connectivity index (χ2v) is 5.98. The highest BCUT2D eigenvalue weighted by molar-refractivity contribution is 5.79. The maximum absolute atomic E-state index is 12.4. The third-order valence-electron chi connectivity index (χ3n) is 3.88. The molecule has 116 valence electrons. The Hall–Kier alpha value is -1.55. The number of benzene rings is 1. The van der Waals surface area contributed by atoms with Crippen LogP contribution in [-0.4, -0.2) is 43.1 Å². The molecule has 21 heavy (non-hydrogen) atoms. The van der Waals surface area contributed by atoms with Gasteiger partial charge in [-0.15, -0.1) is 0 Å². The number of hydrogen-bond acceptors (Lipinski definition) is 3. The van der Waals surface area contributed by atoms with Gasteiger partial charge in [-0.3, -0.25) is 4.79 Å². The zero-order chi connectivity index (χ0) is 15.2. The summed E-state index contributed by atoms with van der Waals surface area (Å²) in [5, 5.41) is 3.33. The lowest BCUT2D eigenvalue weighted by Crippen LogP contribution is -2.44. The summed E-state index contributed by atoms with van der Waals surface area (Å²) in [4.78, 5) is 14.3. The fourth-order valence-electron chi connectivity index (χ4n) is 2.70. The van der Waals surface area contributed by atoms with Crippen LogP contribution in [-0.2, 0) is 11.2 Å². The lowest BCUT2D eigenvalue weighted by molar-refractivity contribution is -0.131. The largest absolute Gasteiger partial charge is 0.491 e. The molecule has 1 N–H and O–H groups in total. The monoisotopic (exact) mass is 290 g/mol. The minimum absolute atomic E-state index is 0.147. The van der Waals surface area contributed by atoms with Crippen LogP contribution in [0.1, 0.15) is 32.3 Å². The summed E-state index contributed by atoms with van der Waals surface area (Å²) < 4.78 is 5.68. The molecule has 1 aromatic carbocycles. The Kier molecular flexibility index (Phi) is 5.62. The molecule has 4 nitrogen and oxygen atoms in total. The minimum Gasteiger partial charge on any atom is -0.491 e. The molecule has 0 spiro atoms. The molecule has 1 saturated heterocycles. The Morgan fingerprint density at radius 1 is 1.38 bits per heavy atom. The van der Waals surface area contributed by atoms with Gasteiger partial charge in [-0.2, -0.15) is 0 Å². The summed E-state index contributed by atoms with van der Waals surface area (Å²) in [6, 6.07) is 8.21. The molecule has 0 bridgehead atoms. The van der Waals surface area contributed by atoms with Crippen molar-refractivity contribution in [1.82, 2.24) is 10.2 Å². The zero-order valence-electron chi connectivity index (χ0n) is 13.3. The molecule has 0 unspecified atom stereocenters. The lowest BCUT2D eigenvalue weighted by atomic mass is 10.0. The molecule has 0 atom stereocenters. The molecule has 0 aliphatic carbocycles. The second kappa shape index (κ2) is 7.46. The SMILES string of the molecule is CC(C)Oc1cccc(CC(=O)N(C)C2CCNCC2)c1. The van der Waals surface area contributed by atoms with Crippen molar-refractivity contribution in [2.75, 3.05) is 20.1 Å². The molecule has 1 fully saturated rings. The highest BCUT2D eigenvalue weighted by atomic mass is 16.5. The van der Waals surface area contributed by atoms with Crippen molar-refractivity contribution in [3.63, 3.8) is 0 Å². The van der Waals surface area contributed by atoms with Crippen LogP contribution < -0.4 is 10.1 Å². The second-order valence-electron chi connectivity index (χ2n) is 5.98. The van der Waals surface area contributed by atoms with Crippen molar-refractivity contribution in [3.8, 4) is 5.75 Å². The maximum atomic E-state index is 12.4. The summed E-state index contributed by atoms with van der Waals surface area (Å²) >= 11 is 0. The third-order valence-corrected chi connectivity index (χ3v) is 3.88. The smallest absolute Gasteiger partial charge is 0.226 e. The first-order chi connectivity index (χ1) is 10.1. The molecule has 4 heteroatoms. The van der Waals surface area contributed by atoms with Gasteiger partial charge in [0.05, 0.1) is 12.5 Å². The zero-order valence-corrected chi connectivity index (χ0v) is 13.3. The summed E-state index contributed by atoms with van der Waals surface area (Å²) in [5.74, 6) is 1.02. The standard InChI is InChI=1S/C17H26N2O2/c1-13(2)21-16-6-4-5-14(11-16)12-17(20)19(3)15-7-9-18-10-8-15/h4-6,11,13,15,18H,7-10,12H2,1-3H3. The van der Waals surface area contributed by atoms with Gasteiger partial charge in [0.25, 0.3) is 0 Å². The van der Waals surface area contributed by atoms with Gasteiger partial charge in [0, 0.05) is 13.1 Å². The molecule has 2 rings (SSSR count). The van der Waals surface area contributed by atoms with Crippen LogP contribution in [0.2, 0.25) is 0 Å². The molecule has 1 aliphatic heterocycles. The van der Waals surface area contributed by atoms with Gasteiger partial charge in [0.15, 0.2) is 0 Å². The first-order valence-corrected chi connectivity index (χ1v) is 7.78. The Bertz CT molecular complexity index is 468. The molecule has 0 saturated carbocycles. The fraction of sp³-hybridized carbons (Fsp3) is 0.588. The normalized spacial score (nSPS) is 16.0. The number of ether oxygens (including phenoxy) is 1. The summed E-state index contributed by atoms with van der Waals surface area (Å²) in [6.45, 7) is 6.01. The van der Waals surface area contributed by atoms with Crippen LogP contribution in [0, 0.1) is 0 Å². The van der Waals surface area contributed by atoms with E-state index in [4.69, 9.17) is 4.74 Å². The number of carbonyl (C=O) groups excluding carboxylic acids is 1. The van der Waals surface area contributed by atoms with E-state index >= 15 is 0 Å². The van der Waals surface area contributed by atoms with Crippen LogP contribution in [0.4, 0.5) is 0 Å². The number of piperidine rings is 1. The van der Waals surface area contributed by atoms with E-state index in [-0.39, 0.29) is 12.0 Å². The Morgan fingerprint density at radius 3 is 2.76 bits per heavy atom. The van der Waals surface area contributed by atoms with Crippen molar-refractivity contribution in [1.29, 1.82) is 0 Å². The first-order valence-electron chi connectivity index (χ1n) is 7.78. The van der Waals surface area contributed by atoms with E-state index in [1.807, 2.05) is 50.1 Å². The van der Waals surface area contributed by atoms with E-state index < -0.39 is 0 Å². The molecule has 1 amide bonds. The molecule has 1 aromatic rings.